The second-order valence-electron chi connectivity index (χ2n) is 5.30. The Kier molecular flexibility index (Phi) is 7.18. The van der Waals surface area contributed by atoms with Crippen molar-refractivity contribution in [2.45, 2.75) is 6.42 Å². The zero-order valence-electron chi connectivity index (χ0n) is 15.3. The highest BCUT2D eigenvalue weighted by Gasteiger charge is 2.12. The summed E-state index contributed by atoms with van der Waals surface area (Å²) in [5, 5.41) is 6.48. The van der Waals surface area contributed by atoms with Crippen molar-refractivity contribution in [2.75, 3.05) is 26.6 Å². The molecule has 0 aliphatic rings. The van der Waals surface area contributed by atoms with Crippen molar-refractivity contribution in [3.05, 3.63) is 48.0 Å². The Bertz CT molecular complexity index is 836. The topological polar surface area (TPSA) is 98.2 Å². The number of benzene rings is 2. The maximum atomic E-state index is 12.0. The second-order valence-corrected chi connectivity index (χ2v) is 5.30. The van der Waals surface area contributed by atoms with Crippen LogP contribution in [-0.4, -0.2) is 39.4 Å². The molecule has 0 spiro atoms. The molecule has 0 aliphatic carbocycles. The summed E-state index contributed by atoms with van der Waals surface area (Å²) in [6.45, 7) is 0. The summed E-state index contributed by atoms with van der Waals surface area (Å²) in [5.41, 5.74) is 3.42. The molecule has 2 rings (SSSR count). The van der Waals surface area contributed by atoms with Gasteiger partial charge in [0.05, 0.1) is 33.2 Å². The minimum absolute atomic E-state index is 0.384. The van der Waals surface area contributed by atoms with Crippen LogP contribution in [-0.2, 0) is 9.59 Å². The average Bonchev–Trinajstić information content (AvgIpc) is 2.67. The van der Waals surface area contributed by atoms with Crippen molar-refractivity contribution in [2.24, 2.45) is 5.10 Å². The number of amides is 2. The maximum absolute atomic E-state index is 12.0. The van der Waals surface area contributed by atoms with E-state index in [0.29, 0.717) is 28.5 Å². The van der Waals surface area contributed by atoms with E-state index in [1.807, 2.05) is 0 Å². The highest BCUT2D eigenvalue weighted by Crippen LogP contribution is 2.29. The first-order valence-electron chi connectivity index (χ1n) is 8.04. The molecule has 27 heavy (non-hydrogen) atoms. The van der Waals surface area contributed by atoms with E-state index in [0.717, 1.165) is 0 Å². The Labute approximate surface area is 157 Å². The zero-order valence-corrected chi connectivity index (χ0v) is 15.3. The van der Waals surface area contributed by atoms with Crippen LogP contribution in [0.4, 0.5) is 5.69 Å². The molecule has 0 fully saturated rings. The van der Waals surface area contributed by atoms with Crippen LogP contribution in [0.3, 0.4) is 0 Å². The minimum Gasteiger partial charge on any atom is -0.495 e. The van der Waals surface area contributed by atoms with Crippen molar-refractivity contribution in [1.29, 1.82) is 0 Å². The molecule has 0 heterocycles. The predicted octanol–water partition coefficient (Wildman–Crippen LogP) is 2.19. The van der Waals surface area contributed by atoms with E-state index in [9.17, 15) is 9.59 Å². The summed E-state index contributed by atoms with van der Waals surface area (Å²) in [6.07, 6.45) is 1.03. The van der Waals surface area contributed by atoms with Crippen molar-refractivity contribution in [1.82, 2.24) is 5.43 Å². The molecule has 2 aromatic rings. The lowest BCUT2D eigenvalue weighted by atomic mass is 10.2. The Morgan fingerprint density at radius 2 is 1.63 bits per heavy atom. The van der Waals surface area contributed by atoms with Crippen LogP contribution in [0.5, 0.6) is 17.2 Å². The SMILES string of the molecule is COc1ccccc1NC(=O)CC(=O)NN=Cc1cccc(OC)c1OC. The van der Waals surface area contributed by atoms with Crippen molar-refractivity contribution >= 4 is 23.7 Å². The molecular formula is C19H21N3O5. The third-order valence-corrected chi connectivity index (χ3v) is 3.53. The number of hydrogen-bond acceptors (Lipinski definition) is 6. The monoisotopic (exact) mass is 371 g/mol. The molecule has 0 bridgehead atoms. The quantitative estimate of drug-likeness (QED) is 0.421. The average molecular weight is 371 g/mol. The summed E-state index contributed by atoms with van der Waals surface area (Å²) in [7, 11) is 4.54. The van der Waals surface area contributed by atoms with E-state index < -0.39 is 11.8 Å². The Hall–Kier alpha value is -3.55. The van der Waals surface area contributed by atoms with Gasteiger partial charge in [-0.05, 0) is 24.3 Å². The molecule has 8 heteroatoms. The number of ether oxygens (including phenoxy) is 3. The lowest BCUT2D eigenvalue weighted by Crippen LogP contribution is -2.24. The van der Waals surface area contributed by atoms with E-state index in [1.54, 1.807) is 42.5 Å². The normalized spacial score (nSPS) is 10.3. The number of carbonyl (C=O) groups excluding carboxylic acids is 2. The van der Waals surface area contributed by atoms with Gasteiger partial charge in [-0.15, -0.1) is 0 Å². The number of anilines is 1. The fraction of sp³-hybridized carbons (Fsp3) is 0.211. The highest BCUT2D eigenvalue weighted by molar-refractivity contribution is 6.04. The summed E-state index contributed by atoms with van der Waals surface area (Å²) in [4.78, 5) is 23.9. The van der Waals surface area contributed by atoms with Gasteiger partial charge in [-0.1, -0.05) is 18.2 Å². The van der Waals surface area contributed by atoms with E-state index in [1.165, 1.54) is 27.5 Å². The van der Waals surface area contributed by atoms with Crippen LogP contribution in [0.25, 0.3) is 0 Å². The number of rotatable bonds is 8. The standard InChI is InChI=1S/C19H21N3O5/c1-25-15-9-5-4-8-14(15)21-17(23)11-18(24)22-20-12-13-7-6-10-16(26-2)19(13)27-3/h4-10,12H,11H2,1-3H3,(H,21,23)(H,22,24). The number of methoxy groups -OCH3 is 3. The van der Waals surface area contributed by atoms with E-state index in [4.69, 9.17) is 14.2 Å². The molecule has 8 nitrogen and oxygen atoms in total. The van der Waals surface area contributed by atoms with Crippen LogP contribution in [0.15, 0.2) is 47.6 Å². The molecule has 2 N–H and O–H groups in total. The van der Waals surface area contributed by atoms with Crippen LogP contribution in [0.2, 0.25) is 0 Å². The van der Waals surface area contributed by atoms with Gasteiger partial charge < -0.3 is 19.5 Å². The third-order valence-electron chi connectivity index (χ3n) is 3.53. The van der Waals surface area contributed by atoms with Crippen molar-refractivity contribution in [3.8, 4) is 17.2 Å². The molecule has 0 aliphatic heterocycles. The Morgan fingerprint density at radius 1 is 0.926 bits per heavy atom. The minimum atomic E-state index is -0.555. The number of para-hydroxylation sites is 3. The highest BCUT2D eigenvalue weighted by atomic mass is 16.5. The summed E-state index contributed by atoms with van der Waals surface area (Å²) in [5.74, 6) is 0.511. The van der Waals surface area contributed by atoms with Gasteiger partial charge in [-0.3, -0.25) is 9.59 Å². The molecule has 2 amide bonds. The van der Waals surface area contributed by atoms with E-state index in [-0.39, 0.29) is 6.42 Å². The van der Waals surface area contributed by atoms with Gasteiger partial charge in [-0.2, -0.15) is 5.10 Å². The predicted molar refractivity (Wildman–Crippen MR) is 102 cm³/mol. The molecule has 0 atom stereocenters. The van der Waals surface area contributed by atoms with Gasteiger partial charge in [0.15, 0.2) is 11.5 Å². The zero-order chi connectivity index (χ0) is 19.6. The Morgan fingerprint density at radius 3 is 2.33 bits per heavy atom. The van der Waals surface area contributed by atoms with Gasteiger partial charge in [0.25, 0.3) is 0 Å². The van der Waals surface area contributed by atoms with E-state index in [2.05, 4.69) is 15.8 Å². The fourth-order valence-corrected chi connectivity index (χ4v) is 2.32. The van der Waals surface area contributed by atoms with Gasteiger partial charge in [-0.25, -0.2) is 5.43 Å². The van der Waals surface area contributed by atoms with Crippen LogP contribution in [0.1, 0.15) is 12.0 Å². The summed E-state index contributed by atoms with van der Waals surface area (Å²) < 4.78 is 15.6. The van der Waals surface area contributed by atoms with Crippen LogP contribution in [0, 0.1) is 0 Å². The second kappa shape index (κ2) is 9.81. The van der Waals surface area contributed by atoms with Gasteiger partial charge in [0.2, 0.25) is 11.8 Å². The largest absolute Gasteiger partial charge is 0.495 e. The first kappa shape index (κ1) is 19.8. The fourth-order valence-electron chi connectivity index (χ4n) is 2.32. The van der Waals surface area contributed by atoms with Crippen molar-refractivity contribution < 1.29 is 23.8 Å². The smallest absolute Gasteiger partial charge is 0.249 e. The number of hydrazone groups is 1. The third kappa shape index (κ3) is 5.46. The lowest BCUT2D eigenvalue weighted by Gasteiger charge is -2.10. The number of hydrogen-bond donors (Lipinski definition) is 2. The van der Waals surface area contributed by atoms with E-state index >= 15 is 0 Å². The summed E-state index contributed by atoms with van der Waals surface area (Å²) in [6, 6.07) is 12.2. The van der Waals surface area contributed by atoms with Gasteiger partial charge in [0, 0.05) is 5.56 Å². The maximum Gasteiger partial charge on any atom is 0.249 e. The Balaban J connectivity index is 1.92. The molecule has 2 aromatic carbocycles. The molecule has 0 unspecified atom stereocenters. The molecule has 142 valence electrons. The van der Waals surface area contributed by atoms with Crippen molar-refractivity contribution in [3.63, 3.8) is 0 Å². The van der Waals surface area contributed by atoms with Crippen LogP contribution >= 0.6 is 0 Å². The van der Waals surface area contributed by atoms with Gasteiger partial charge >= 0.3 is 0 Å². The molecule has 0 aromatic heterocycles. The molecular weight excluding hydrogens is 350 g/mol. The first-order chi connectivity index (χ1) is 13.1. The number of nitrogens with one attached hydrogen (secondary N) is 2. The number of carbonyl (C=O) groups is 2. The van der Waals surface area contributed by atoms with Crippen LogP contribution < -0.4 is 25.0 Å². The molecule has 0 saturated carbocycles. The summed E-state index contributed by atoms with van der Waals surface area (Å²) >= 11 is 0. The molecule has 0 radical (unpaired) electrons. The van der Waals surface area contributed by atoms with Gasteiger partial charge in [0.1, 0.15) is 12.2 Å². The molecule has 0 saturated heterocycles. The lowest BCUT2D eigenvalue weighted by molar-refractivity contribution is -0.126. The number of nitrogens with zero attached hydrogens (tertiary/aromatic N) is 1. The first-order valence-corrected chi connectivity index (χ1v) is 8.04.